The molecule has 0 saturated carbocycles. The molecule has 1 saturated heterocycles. The summed E-state index contributed by atoms with van der Waals surface area (Å²) < 4.78 is 91.1. The third-order valence-electron chi connectivity index (χ3n) is 4.22. The SMILES string of the molecule is O=S(=O)(NCc1ccc(S(=O)(=O)N2CCCC2)s1)c1ccc(C(F)(F)F)cc1. The van der Waals surface area contributed by atoms with Crippen LogP contribution in [-0.2, 0) is 32.8 Å². The number of hydrogen-bond donors (Lipinski definition) is 1. The maximum absolute atomic E-state index is 12.6. The monoisotopic (exact) mass is 454 g/mol. The van der Waals surface area contributed by atoms with Crippen LogP contribution in [-0.4, -0.2) is 34.2 Å². The van der Waals surface area contributed by atoms with Crippen molar-refractivity contribution in [2.45, 2.75) is 34.7 Å². The molecule has 1 fully saturated rings. The molecule has 1 aromatic heterocycles. The number of thiophene rings is 1. The van der Waals surface area contributed by atoms with E-state index in [1.165, 1.54) is 16.4 Å². The van der Waals surface area contributed by atoms with Gasteiger partial charge in [-0.05, 0) is 49.2 Å². The fourth-order valence-corrected chi connectivity index (χ4v) is 6.78. The first kappa shape index (κ1) is 21.2. The lowest BCUT2D eigenvalue weighted by Crippen LogP contribution is -2.27. The van der Waals surface area contributed by atoms with Crippen LogP contribution in [0.2, 0.25) is 0 Å². The molecule has 1 aliphatic heterocycles. The number of nitrogens with one attached hydrogen (secondary N) is 1. The first-order valence-corrected chi connectivity index (χ1v) is 12.0. The van der Waals surface area contributed by atoms with Gasteiger partial charge in [-0.3, -0.25) is 0 Å². The zero-order chi connectivity index (χ0) is 20.6. The number of sulfonamides is 2. The van der Waals surface area contributed by atoms with E-state index in [0.717, 1.165) is 36.3 Å². The van der Waals surface area contributed by atoms with Gasteiger partial charge in [-0.25, -0.2) is 21.6 Å². The summed E-state index contributed by atoms with van der Waals surface area (Å²) in [7, 11) is -7.61. The first-order chi connectivity index (χ1) is 13.0. The summed E-state index contributed by atoms with van der Waals surface area (Å²) in [5, 5.41) is 0. The van der Waals surface area contributed by atoms with Gasteiger partial charge in [0.15, 0.2) is 0 Å². The predicted octanol–water partition coefficient (Wildman–Crippen LogP) is 3.03. The highest BCUT2D eigenvalue weighted by Gasteiger charge is 2.31. The Labute approximate surface area is 165 Å². The quantitative estimate of drug-likeness (QED) is 0.727. The lowest BCUT2D eigenvalue weighted by atomic mass is 10.2. The van der Waals surface area contributed by atoms with E-state index in [1.54, 1.807) is 0 Å². The van der Waals surface area contributed by atoms with E-state index in [-0.39, 0.29) is 15.6 Å². The van der Waals surface area contributed by atoms with Crippen molar-refractivity contribution in [1.29, 1.82) is 0 Å². The van der Waals surface area contributed by atoms with Crippen molar-refractivity contribution in [2.24, 2.45) is 0 Å². The van der Waals surface area contributed by atoms with Gasteiger partial charge < -0.3 is 0 Å². The molecule has 1 aromatic carbocycles. The highest BCUT2D eigenvalue weighted by molar-refractivity contribution is 7.91. The number of nitrogens with zero attached hydrogens (tertiary/aromatic N) is 1. The Kier molecular flexibility index (Phi) is 5.88. The molecule has 0 aliphatic carbocycles. The number of rotatable bonds is 6. The number of alkyl halides is 3. The minimum Gasteiger partial charge on any atom is -0.207 e. The summed E-state index contributed by atoms with van der Waals surface area (Å²) in [5.41, 5.74) is -0.943. The van der Waals surface area contributed by atoms with Crippen LogP contribution in [0.4, 0.5) is 13.2 Å². The molecule has 0 unspecified atom stereocenters. The molecule has 3 rings (SSSR count). The summed E-state index contributed by atoms with van der Waals surface area (Å²) in [5.74, 6) is 0. The molecular weight excluding hydrogens is 437 g/mol. The zero-order valence-corrected chi connectivity index (χ0v) is 16.9. The Hall–Kier alpha value is -1.47. The van der Waals surface area contributed by atoms with E-state index in [1.807, 2.05) is 0 Å². The number of hydrogen-bond acceptors (Lipinski definition) is 5. The average Bonchev–Trinajstić information content (AvgIpc) is 3.32. The summed E-state index contributed by atoms with van der Waals surface area (Å²) in [6.07, 6.45) is -2.93. The van der Waals surface area contributed by atoms with Gasteiger partial charge >= 0.3 is 6.18 Å². The second kappa shape index (κ2) is 7.75. The Morgan fingerprint density at radius 1 is 0.964 bits per heavy atom. The van der Waals surface area contributed by atoms with Gasteiger partial charge in [-0.2, -0.15) is 17.5 Å². The van der Waals surface area contributed by atoms with Gasteiger partial charge in [-0.15, -0.1) is 11.3 Å². The summed E-state index contributed by atoms with van der Waals surface area (Å²) in [6, 6.07) is 6.09. The number of halogens is 3. The van der Waals surface area contributed by atoms with Crippen LogP contribution in [0.15, 0.2) is 45.5 Å². The molecule has 2 aromatic rings. The van der Waals surface area contributed by atoms with Crippen molar-refractivity contribution in [3.8, 4) is 0 Å². The smallest absolute Gasteiger partial charge is 0.207 e. The van der Waals surface area contributed by atoms with Crippen LogP contribution in [0.5, 0.6) is 0 Å². The maximum Gasteiger partial charge on any atom is 0.416 e. The summed E-state index contributed by atoms with van der Waals surface area (Å²) in [4.78, 5) is 0.176. The molecule has 2 heterocycles. The Morgan fingerprint density at radius 2 is 1.57 bits per heavy atom. The fourth-order valence-electron chi connectivity index (χ4n) is 2.72. The average molecular weight is 455 g/mol. The van der Waals surface area contributed by atoms with Gasteiger partial charge in [-0.1, -0.05) is 0 Å². The molecule has 6 nitrogen and oxygen atoms in total. The van der Waals surface area contributed by atoms with Gasteiger partial charge in [0.25, 0.3) is 10.0 Å². The van der Waals surface area contributed by atoms with E-state index in [2.05, 4.69) is 4.72 Å². The molecule has 154 valence electrons. The topological polar surface area (TPSA) is 83.5 Å². The van der Waals surface area contributed by atoms with E-state index < -0.39 is 31.8 Å². The molecule has 1 aliphatic rings. The van der Waals surface area contributed by atoms with Gasteiger partial charge in [0.1, 0.15) is 4.21 Å². The molecule has 0 amide bonds. The largest absolute Gasteiger partial charge is 0.416 e. The van der Waals surface area contributed by atoms with Crippen molar-refractivity contribution < 1.29 is 30.0 Å². The Bertz CT molecular complexity index is 1040. The van der Waals surface area contributed by atoms with Crippen LogP contribution < -0.4 is 4.72 Å². The highest BCUT2D eigenvalue weighted by atomic mass is 32.2. The Balaban J connectivity index is 1.69. The minimum absolute atomic E-state index is 0.137. The van der Waals surface area contributed by atoms with Gasteiger partial charge in [0.2, 0.25) is 10.0 Å². The third-order valence-corrected chi connectivity index (χ3v) is 9.09. The standard InChI is InChI=1S/C16H17F3N2O4S3/c17-16(18,19)12-3-6-14(7-4-12)27(22,23)20-11-13-5-8-15(26-13)28(24,25)21-9-1-2-10-21/h3-8,20H,1-2,9-11H2. The molecular formula is C16H17F3N2O4S3. The Morgan fingerprint density at radius 3 is 2.14 bits per heavy atom. The van der Waals surface area contributed by atoms with Crippen molar-refractivity contribution in [3.63, 3.8) is 0 Å². The van der Waals surface area contributed by atoms with Gasteiger partial charge in [0, 0.05) is 24.5 Å². The van der Waals surface area contributed by atoms with Crippen molar-refractivity contribution in [3.05, 3.63) is 46.8 Å². The van der Waals surface area contributed by atoms with Crippen LogP contribution in [0.3, 0.4) is 0 Å². The molecule has 0 spiro atoms. The molecule has 0 atom stereocenters. The molecule has 12 heteroatoms. The van der Waals surface area contributed by atoms with E-state index in [0.29, 0.717) is 30.1 Å². The molecule has 28 heavy (non-hydrogen) atoms. The fraction of sp³-hybridized carbons (Fsp3) is 0.375. The summed E-state index contributed by atoms with van der Waals surface area (Å²) in [6.45, 7) is 0.774. The van der Waals surface area contributed by atoms with Crippen LogP contribution in [0, 0.1) is 0 Å². The predicted molar refractivity (Wildman–Crippen MR) is 97.8 cm³/mol. The van der Waals surface area contributed by atoms with E-state index in [9.17, 15) is 30.0 Å². The van der Waals surface area contributed by atoms with E-state index >= 15 is 0 Å². The van der Waals surface area contributed by atoms with Crippen molar-refractivity contribution in [2.75, 3.05) is 13.1 Å². The van der Waals surface area contributed by atoms with Crippen LogP contribution in [0.1, 0.15) is 23.3 Å². The normalized spacial score (nSPS) is 16.5. The summed E-state index contributed by atoms with van der Waals surface area (Å²) >= 11 is 0.963. The second-order valence-electron chi connectivity index (χ2n) is 6.18. The second-order valence-corrected chi connectivity index (χ2v) is 11.3. The lowest BCUT2D eigenvalue weighted by Gasteiger charge is -2.13. The van der Waals surface area contributed by atoms with Crippen molar-refractivity contribution >= 4 is 31.4 Å². The zero-order valence-electron chi connectivity index (χ0n) is 14.4. The van der Waals surface area contributed by atoms with E-state index in [4.69, 9.17) is 0 Å². The lowest BCUT2D eigenvalue weighted by molar-refractivity contribution is -0.137. The minimum atomic E-state index is -4.55. The maximum atomic E-state index is 12.6. The van der Waals surface area contributed by atoms with Crippen LogP contribution >= 0.6 is 11.3 Å². The highest BCUT2D eigenvalue weighted by Crippen LogP contribution is 2.30. The molecule has 0 radical (unpaired) electrons. The number of benzene rings is 1. The first-order valence-electron chi connectivity index (χ1n) is 8.26. The molecule has 0 bridgehead atoms. The van der Waals surface area contributed by atoms with Crippen LogP contribution in [0.25, 0.3) is 0 Å². The molecule has 1 N–H and O–H groups in total. The third kappa shape index (κ3) is 4.57. The van der Waals surface area contributed by atoms with Crippen molar-refractivity contribution in [1.82, 2.24) is 9.03 Å². The van der Waals surface area contributed by atoms with Gasteiger partial charge in [0.05, 0.1) is 10.5 Å².